The second-order valence-electron chi connectivity index (χ2n) is 5.08. The lowest BCUT2D eigenvalue weighted by Crippen LogP contribution is -2.37. The third-order valence-electron chi connectivity index (χ3n) is 3.21. The number of thioether (sulfide) groups is 1. The van der Waals surface area contributed by atoms with Crippen molar-refractivity contribution in [3.63, 3.8) is 0 Å². The molecule has 0 aromatic carbocycles. The first-order valence-electron chi connectivity index (χ1n) is 6.70. The first kappa shape index (κ1) is 14.9. The summed E-state index contributed by atoms with van der Waals surface area (Å²) < 4.78 is 4.50. The predicted molar refractivity (Wildman–Crippen MR) is 81.6 cm³/mol. The Bertz CT molecular complexity index is 754. The van der Waals surface area contributed by atoms with Gasteiger partial charge in [0.05, 0.1) is 0 Å². The fraction of sp³-hybridized carbons (Fsp3) is 0.615. The van der Waals surface area contributed by atoms with Crippen LogP contribution >= 0.6 is 11.8 Å². The van der Waals surface area contributed by atoms with E-state index in [1.807, 2.05) is 18.4 Å². The van der Waals surface area contributed by atoms with Crippen LogP contribution in [0.2, 0.25) is 0 Å². The molecular weight excluding hydrogens is 276 g/mol. The van der Waals surface area contributed by atoms with Crippen LogP contribution in [-0.2, 0) is 14.1 Å². The van der Waals surface area contributed by atoms with Gasteiger partial charge in [0.1, 0.15) is 0 Å². The Morgan fingerprint density at radius 2 is 1.85 bits per heavy atom. The minimum absolute atomic E-state index is 0.115. The Balaban J connectivity index is 2.88. The van der Waals surface area contributed by atoms with Crippen molar-refractivity contribution in [3.05, 3.63) is 20.8 Å². The Labute approximate surface area is 121 Å². The lowest BCUT2D eigenvalue weighted by atomic mass is 10.4. The third kappa shape index (κ3) is 2.19. The molecule has 20 heavy (non-hydrogen) atoms. The van der Waals surface area contributed by atoms with Gasteiger partial charge in [0.15, 0.2) is 16.3 Å². The molecule has 2 heterocycles. The molecule has 0 atom stereocenters. The van der Waals surface area contributed by atoms with Crippen molar-refractivity contribution < 1.29 is 0 Å². The molecule has 0 N–H and O–H groups in total. The lowest BCUT2D eigenvalue weighted by molar-refractivity contribution is 0.562. The summed E-state index contributed by atoms with van der Waals surface area (Å²) in [6.07, 6.45) is 1.03. The van der Waals surface area contributed by atoms with Crippen LogP contribution in [0.1, 0.15) is 33.2 Å². The van der Waals surface area contributed by atoms with E-state index >= 15 is 0 Å². The molecule has 0 aliphatic heterocycles. The Morgan fingerprint density at radius 1 is 1.20 bits per heavy atom. The summed E-state index contributed by atoms with van der Waals surface area (Å²) in [7, 11) is 3.15. The van der Waals surface area contributed by atoms with Crippen molar-refractivity contribution in [1.82, 2.24) is 18.7 Å². The summed E-state index contributed by atoms with van der Waals surface area (Å²) in [6.45, 7) is 6.13. The minimum atomic E-state index is -0.344. The van der Waals surface area contributed by atoms with E-state index in [1.54, 1.807) is 18.8 Å². The fourth-order valence-electron chi connectivity index (χ4n) is 2.17. The zero-order valence-corrected chi connectivity index (χ0v) is 13.3. The standard InChI is InChI=1S/C13H20N4O2S/c1-6-7-20-12-14-10-9(17(12)8(2)3)11(18)16(5)13(19)15(10)4/h8H,6-7H2,1-5H3. The molecule has 0 bridgehead atoms. The van der Waals surface area contributed by atoms with E-state index in [-0.39, 0.29) is 17.3 Å². The normalized spacial score (nSPS) is 11.7. The molecular formula is C13H20N4O2S. The summed E-state index contributed by atoms with van der Waals surface area (Å²) >= 11 is 1.62. The molecule has 0 saturated carbocycles. The van der Waals surface area contributed by atoms with Gasteiger partial charge in [-0.3, -0.25) is 13.9 Å². The second kappa shape index (κ2) is 5.47. The fourth-order valence-corrected chi connectivity index (χ4v) is 3.15. The highest BCUT2D eigenvalue weighted by atomic mass is 32.2. The van der Waals surface area contributed by atoms with E-state index in [9.17, 15) is 9.59 Å². The Morgan fingerprint density at radius 3 is 2.40 bits per heavy atom. The number of imidazole rings is 1. The van der Waals surface area contributed by atoms with Crippen LogP contribution in [0.15, 0.2) is 14.7 Å². The molecule has 0 amide bonds. The van der Waals surface area contributed by atoms with E-state index in [1.165, 1.54) is 11.6 Å². The van der Waals surface area contributed by atoms with Gasteiger partial charge in [0.2, 0.25) is 0 Å². The number of nitrogens with zero attached hydrogens (tertiary/aromatic N) is 4. The predicted octanol–water partition coefficient (Wildman–Crippen LogP) is 1.52. The zero-order valence-electron chi connectivity index (χ0n) is 12.5. The number of aromatic nitrogens is 4. The molecule has 0 aliphatic carbocycles. The van der Waals surface area contributed by atoms with Gasteiger partial charge in [-0.05, 0) is 20.3 Å². The van der Waals surface area contributed by atoms with Crippen molar-refractivity contribution >= 4 is 22.9 Å². The highest BCUT2D eigenvalue weighted by Crippen LogP contribution is 2.25. The maximum atomic E-state index is 12.4. The van der Waals surface area contributed by atoms with Crippen LogP contribution in [0.3, 0.4) is 0 Å². The molecule has 6 nitrogen and oxygen atoms in total. The maximum absolute atomic E-state index is 12.4. The largest absolute Gasteiger partial charge is 0.332 e. The van der Waals surface area contributed by atoms with E-state index in [0.717, 1.165) is 21.9 Å². The minimum Gasteiger partial charge on any atom is -0.311 e. The Kier molecular flexibility index (Phi) is 4.08. The topological polar surface area (TPSA) is 61.8 Å². The molecule has 0 radical (unpaired) electrons. The van der Waals surface area contributed by atoms with Crippen LogP contribution in [0.25, 0.3) is 11.2 Å². The van der Waals surface area contributed by atoms with Crippen LogP contribution in [0.5, 0.6) is 0 Å². The summed E-state index contributed by atoms with van der Waals surface area (Å²) in [5.41, 5.74) is 0.337. The smallest absolute Gasteiger partial charge is 0.311 e. The molecule has 0 saturated heterocycles. The SMILES string of the molecule is CCCSc1nc2c(c(=O)n(C)c(=O)n2C)n1C(C)C. The van der Waals surface area contributed by atoms with Gasteiger partial charge in [-0.1, -0.05) is 18.7 Å². The highest BCUT2D eigenvalue weighted by molar-refractivity contribution is 7.99. The van der Waals surface area contributed by atoms with Crippen LogP contribution < -0.4 is 11.2 Å². The van der Waals surface area contributed by atoms with Gasteiger partial charge in [-0.15, -0.1) is 0 Å². The first-order chi connectivity index (χ1) is 9.40. The van der Waals surface area contributed by atoms with E-state index in [0.29, 0.717) is 11.2 Å². The van der Waals surface area contributed by atoms with Crippen molar-refractivity contribution in [2.45, 2.75) is 38.4 Å². The number of hydrogen-bond donors (Lipinski definition) is 0. The quantitative estimate of drug-likeness (QED) is 0.803. The molecule has 2 rings (SSSR count). The van der Waals surface area contributed by atoms with Gasteiger partial charge < -0.3 is 4.57 Å². The van der Waals surface area contributed by atoms with Gasteiger partial charge >= 0.3 is 5.69 Å². The van der Waals surface area contributed by atoms with Crippen molar-refractivity contribution in [3.8, 4) is 0 Å². The van der Waals surface area contributed by atoms with Crippen LogP contribution in [0.4, 0.5) is 0 Å². The number of hydrogen-bond acceptors (Lipinski definition) is 4. The lowest BCUT2D eigenvalue weighted by Gasteiger charge is -2.12. The van der Waals surface area contributed by atoms with Crippen molar-refractivity contribution in [1.29, 1.82) is 0 Å². The summed E-state index contributed by atoms with van der Waals surface area (Å²) in [5.74, 6) is 0.935. The van der Waals surface area contributed by atoms with Gasteiger partial charge in [0, 0.05) is 25.9 Å². The van der Waals surface area contributed by atoms with E-state index in [2.05, 4.69) is 11.9 Å². The molecule has 2 aromatic heterocycles. The molecule has 0 unspecified atom stereocenters. The van der Waals surface area contributed by atoms with Crippen LogP contribution in [0, 0.1) is 0 Å². The second-order valence-corrected chi connectivity index (χ2v) is 6.15. The molecule has 0 aliphatic rings. The molecule has 2 aromatic rings. The average Bonchev–Trinajstić information content (AvgIpc) is 2.80. The van der Waals surface area contributed by atoms with Gasteiger partial charge in [-0.25, -0.2) is 9.78 Å². The number of rotatable bonds is 4. The third-order valence-corrected chi connectivity index (χ3v) is 4.37. The molecule has 0 spiro atoms. The van der Waals surface area contributed by atoms with Crippen molar-refractivity contribution in [2.75, 3.05) is 5.75 Å². The number of fused-ring (bicyclic) bond motifs is 1. The van der Waals surface area contributed by atoms with E-state index < -0.39 is 0 Å². The zero-order chi connectivity index (χ0) is 15.0. The number of aryl methyl sites for hydroxylation is 1. The highest BCUT2D eigenvalue weighted by Gasteiger charge is 2.20. The molecule has 110 valence electrons. The summed E-state index contributed by atoms with van der Waals surface area (Å²) in [5, 5.41) is 0.801. The summed E-state index contributed by atoms with van der Waals surface area (Å²) in [4.78, 5) is 28.9. The summed E-state index contributed by atoms with van der Waals surface area (Å²) in [6, 6.07) is 0.115. The molecule has 0 fully saturated rings. The average molecular weight is 296 g/mol. The maximum Gasteiger partial charge on any atom is 0.332 e. The first-order valence-corrected chi connectivity index (χ1v) is 7.69. The van der Waals surface area contributed by atoms with E-state index in [4.69, 9.17) is 0 Å². The molecule has 7 heteroatoms. The monoisotopic (exact) mass is 296 g/mol. The van der Waals surface area contributed by atoms with Gasteiger partial charge in [0.25, 0.3) is 5.56 Å². The Hall–Kier alpha value is -1.50. The van der Waals surface area contributed by atoms with Crippen LogP contribution in [-0.4, -0.2) is 24.4 Å². The van der Waals surface area contributed by atoms with Crippen molar-refractivity contribution in [2.24, 2.45) is 14.1 Å². The van der Waals surface area contributed by atoms with Gasteiger partial charge in [-0.2, -0.15) is 0 Å².